The molecule has 4 aromatic rings. The predicted molar refractivity (Wildman–Crippen MR) is 179 cm³/mol. The van der Waals surface area contributed by atoms with Gasteiger partial charge in [-0.25, -0.2) is 26.6 Å². The lowest BCUT2D eigenvalue weighted by Crippen LogP contribution is -2.55. The van der Waals surface area contributed by atoms with Crippen LogP contribution in [0.15, 0.2) is 70.8 Å². The minimum Gasteiger partial charge on any atom is -0.494 e. The summed E-state index contributed by atoms with van der Waals surface area (Å²) in [5.74, 6) is -1.49. The predicted octanol–water partition coefficient (Wildman–Crippen LogP) is 7.43. The van der Waals surface area contributed by atoms with E-state index in [9.17, 15) is 17.2 Å². The average Bonchev–Trinajstić information content (AvgIpc) is 3.45. The van der Waals surface area contributed by atoms with E-state index in [4.69, 9.17) is 16.3 Å². The zero-order valence-corrected chi connectivity index (χ0v) is 29.6. The first-order valence-corrected chi connectivity index (χ1v) is 17.9. The zero-order valence-electron chi connectivity index (χ0n) is 27.2. The summed E-state index contributed by atoms with van der Waals surface area (Å²) in [5.41, 5.74) is 1.49. The normalized spacial score (nSPS) is 16.4. The first-order chi connectivity index (χ1) is 22.0. The molecule has 13 heteroatoms. The lowest BCUT2D eigenvalue weighted by molar-refractivity contribution is -0.896. The number of thioether (sulfide) groups is 1. The molecule has 1 saturated heterocycles. The van der Waals surface area contributed by atoms with Gasteiger partial charge in [-0.15, -0.1) is 0 Å². The fraction of sp³-hybridized carbons (Fsp3) is 0.382. The summed E-state index contributed by atoms with van der Waals surface area (Å²) in [6, 6.07) is 13.0. The van der Waals surface area contributed by atoms with Crippen LogP contribution in [0.5, 0.6) is 5.75 Å². The number of halogens is 4. The Morgan fingerprint density at radius 3 is 2.38 bits per heavy atom. The zero-order chi connectivity index (χ0) is 34.3. The van der Waals surface area contributed by atoms with Crippen molar-refractivity contribution in [3.05, 3.63) is 100 Å². The van der Waals surface area contributed by atoms with Gasteiger partial charge in [0.1, 0.15) is 17.7 Å². The van der Waals surface area contributed by atoms with E-state index in [0.717, 1.165) is 24.5 Å². The Kier molecular flexibility index (Phi) is 10.1. The maximum Gasteiger partial charge on any atom is 0.243 e. The van der Waals surface area contributed by atoms with Gasteiger partial charge >= 0.3 is 0 Å². The monoisotopic (exact) mass is 707 g/mol. The number of methoxy groups -OCH3 is 1. The Bertz CT molecular complexity index is 1850. The minimum atomic E-state index is -3.96. The Labute approximate surface area is 284 Å². The van der Waals surface area contributed by atoms with Crippen LogP contribution < -0.4 is 4.74 Å². The van der Waals surface area contributed by atoms with Crippen molar-refractivity contribution in [2.75, 3.05) is 41.3 Å². The number of aromatic nitrogens is 2. The van der Waals surface area contributed by atoms with E-state index in [1.54, 1.807) is 30.5 Å². The number of benzene rings is 3. The number of likely N-dealkylation sites (N-methyl/N-ethyl adjacent to an activating group) is 1. The van der Waals surface area contributed by atoms with Gasteiger partial charge in [0.05, 0.1) is 51.6 Å². The minimum absolute atomic E-state index is 0.00455. The van der Waals surface area contributed by atoms with Gasteiger partial charge in [-0.05, 0) is 60.5 Å². The molecule has 1 aliphatic rings. The molecule has 0 saturated carbocycles. The SMILES string of the molecule is COc1cc(C(C)(C)c2cnc(SCc3c(F)cc(S(=O)(=O)N4CCC[C@@H]([N+](C)(C)C)C4)cc3Cl)n2-c2ccc(F)cc2)ccc1F. The fourth-order valence-electron chi connectivity index (χ4n) is 5.84. The molecule has 0 radical (unpaired) electrons. The van der Waals surface area contributed by atoms with Gasteiger partial charge in [0, 0.05) is 40.4 Å². The molecule has 0 aliphatic carbocycles. The standard InChI is InChI=1S/C34H39ClF3N4O3S2/c1-34(2,22-9-14-29(37)31(16-22)45-6)32-19-39-33(41(32)24-12-10-23(36)11-13-24)46-21-27-28(35)17-26(18-30(27)38)47(43,44)40-15-7-8-25(20-40)42(3,4)5/h9-14,16-19,25H,7-8,15,20-21H2,1-6H3/q+1/t25-/m1/s1. The lowest BCUT2D eigenvalue weighted by Gasteiger charge is -2.40. The van der Waals surface area contributed by atoms with E-state index in [1.165, 1.54) is 47.4 Å². The van der Waals surface area contributed by atoms with Crippen molar-refractivity contribution in [2.45, 2.75) is 54.0 Å². The van der Waals surface area contributed by atoms with Crippen molar-refractivity contribution < 1.29 is 30.8 Å². The molecule has 1 atom stereocenters. The Morgan fingerprint density at radius 2 is 1.74 bits per heavy atom. The number of ether oxygens (including phenoxy) is 1. The number of sulfonamides is 1. The molecule has 252 valence electrons. The van der Waals surface area contributed by atoms with Crippen LogP contribution in [0, 0.1) is 17.5 Å². The summed E-state index contributed by atoms with van der Waals surface area (Å²) >= 11 is 7.77. The number of hydrogen-bond acceptors (Lipinski definition) is 5. The summed E-state index contributed by atoms with van der Waals surface area (Å²) in [5, 5.41) is 0.468. The maximum atomic E-state index is 15.7. The van der Waals surface area contributed by atoms with E-state index in [2.05, 4.69) is 4.98 Å². The van der Waals surface area contributed by atoms with Crippen LogP contribution >= 0.6 is 23.4 Å². The second-order valence-corrected chi connectivity index (χ2v) is 16.4. The van der Waals surface area contributed by atoms with Gasteiger partial charge < -0.3 is 9.22 Å². The molecule has 47 heavy (non-hydrogen) atoms. The van der Waals surface area contributed by atoms with Crippen LogP contribution in [0.3, 0.4) is 0 Å². The molecule has 1 fully saturated rings. The Balaban J connectivity index is 1.46. The molecule has 7 nitrogen and oxygen atoms in total. The molecule has 5 rings (SSSR count). The molecule has 1 aromatic heterocycles. The van der Waals surface area contributed by atoms with Crippen LogP contribution in [0.2, 0.25) is 5.02 Å². The highest BCUT2D eigenvalue weighted by Gasteiger charge is 2.37. The van der Waals surface area contributed by atoms with Crippen molar-refractivity contribution in [1.29, 1.82) is 0 Å². The van der Waals surface area contributed by atoms with Crippen molar-refractivity contribution in [3.63, 3.8) is 0 Å². The van der Waals surface area contributed by atoms with Crippen molar-refractivity contribution in [2.24, 2.45) is 0 Å². The van der Waals surface area contributed by atoms with Crippen molar-refractivity contribution >= 4 is 33.4 Å². The summed E-state index contributed by atoms with van der Waals surface area (Å²) < 4.78 is 80.1. The smallest absolute Gasteiger partial charge is 0.243 e. The highest BCUT2D eigenvalue weighted by molar-refractivity contribution is 7.98. The number of quaternary nitrogens is 1. The molecule has 0 amide bonds. The molecule has 0 spiro atoms. The van der Waals surface area contributed by atoms with Gasteiger partial charge in [-0.3, -0.25) is 4.57 Å². The molecule has 0 bridgehead atoms. The molecule has 1 aliphatic heterocycles. The van der Waals surface area contributed by atoms with Crippen LogP contribution in [0.1, 0.15) is 43.5 Å². The molecule has 2 heterocycles. The average molecular weight is 708 g/mol. The van der Waals surface area contributed by atoms with Crippen LogP contribution in [-0.2, 0) is 21.2 Å². The summed E-state index contributed by atoms with van der Waals surface area (Å²) in [7, 11) is 3.54. The maximum absolute atomic E-state index is 15.7. The van der Waals surface area contributed by atoms with E-state index >= 15 is 4.39 Å². The van der Waals surface area contributed by atoms with Crippen LogP contribution in [-0.4, -0.2) is 74.1 Å². The van der Waals surface area contributed by atoms with Gasteiger partial charge in [-0.1, -0.05) is 43.3 Å². The molecule has 0 N–H and O–H groups in total. The van der Waals surface area contributed by atoms with E-state index in [-0.39, 0.29) is 33.0 Å². The lowest BCUT2D eigenvalue weighted by atomic mass is 9.81. The summed E-state index contributed by atoms with van der Waals surface area (Å²) in [6.45, 7) is 4.61. The second kappa shape index (κ2) is 13.5. The van der Waals surface area contributed by atoms with Gasteiger partial charge in [-0.2, -0.15) is 4.31 Å². The Hall–Kier alpha value is -3.03. The fourth-order valence-corrected chi connectivity index (χ4v) is 8.84. The van der Waals surface area contributed by atoms with Crippen LogP contribution in [0.25, 0.3) is 5.69 Å². The third-order valence-corrected chi connectivity index (χ3v) is 12.0. The number of nitrogens with zero attached hydrogens (tertiary/aromatic N) is 4. The van der Waals surface area contributed by atoms with Crippen LogP contribution in [0.4, 0.5) is 13.2 Å². The third kappa shape index (κ3) is 7.22. The van der Waals surface area contributed by atoms with Gasteiger partial charge in [0.25, 0.3) is 0 Å². The first-order valence-electron chi connectivity index (χ1n) is 15.1. The largest absolute Gasteiger partial charge is 0.494 e. The van der Waals surface area contributed by atoms with Crippen molar-refractivity contribution in [3.8, 4) is 11.4 Å². The highest BCUT2D eigenvalue weighted by atomic mass is 35.5. The quantitative estimate of drug-likeness (QED) is 0.127. The summed E-state index contributed by atoms with van der Waals surface area (Å²) in [6.07, 6.45) is 3.31. The number of piperidine rings is 1. The second-order valence-electron chi connectivity index (χ2n) is 13.1. The summed E-state index contributed by atoms with van der Waals surface area (Å²) in [4.78, 5) is 4.47. The molecule has 0 unspecified atom stereocenters. The van der Waals surface area contributed by atoms with Gasteiger partial charge in [0.15, 0.2) is 16.7 Å². The van der Waals surface area contributed by atoms with E-state index < -0.39 is 32.9 Å². The molecular weight excluding hydrogens is 669 g/mol. The first kappa shape index (κ1) is 35.3. The number of imidazole rings is 1. The molecule has 3 aromatic carbocycles. The number of rotatable bonds is 10. The molecular formula is C34H39ClF3N4O3S2+. The third-order valence-electron chi connectivity index (χ3n) is 8.88. The number of hydrogen-bond donors (Lipinski definition) is 0. The topological polar surface area (TPSA) is 64.4 Å². The van der Waals surface area contributed by atoms with E-state index in [1.807, 2.05) is 39.6 Å². The highest BCUT2D eigenvalue weighted by Crippen LogP contribution is 2.39. The van der Waals surface area contributed by atoms with E-state index in [0.29, 0.717) is 34.1 Å². The van der Waals surface area contributed by atoms with Gasteiger partial charge in [0.2, 0.25) is 10.0 Å². The Morgan fingerprint density at radius 1 is 1.04 bits per heavy atom. The van der Waals surface area contributed by atoms with Crippen molar-refractivity contribution in [1.82, 2.24) is 13.9 Å².